The Balaban J connectivity index is 3.21. The van der Waals surface area contributed by atoms with E-state index in [0.717, 1.165) is 20.8 Å². The number of rotatable bonds is 4. The molecule has 12 heteroatoms. The van der Waals surface area contributed by atoms with Crippen molar-refractivity contribution in [3.8, 4) is 0 Å². The molecule has 1 aliphatic rings. The Labute approximate surface area is 164 Å². The van der Waals surface area contributed by atoms with Crippen LogP contribution in [0, 0.1) is 5.41 Å². The molecule has 9 nitrogen and oxygen atoms in total. The van der Waals surface area contributed by atoms with Gasteiger partial charge in [0.1, 0.15) is 0 Å². The van der Waals surface area contributed by atoms with Crippen molar-refractivity contribution in [3.05, 3.63) is 0 Å². The average Bonchev–Trinajstić information content (AvgIpc) is 2.44. The number of hydrogen-bond donors (Lipinski definition) is 1. The molecule has 0 radical (unpaired) electrons. The number of alkyl halides is 3. The number of carbonyl (C=O) groups is 3. The highest BCUT2D eigenvalue weighted by atomic mass is 35.6. The van der Waals surface area contributed by atoms with Gasteiger partial charge >= 0.3 is 17.9 Å². The van der Waals surface area contributed by atoms with Crippen molar-refractivity contribution < 1.29 is 38.1 Å². The maximum absolute atomic E-state index is 11.5. The summed E-state index contributed by atoms with van der Waals surface area (Å²) in [4.78, 5) is 34.3. The standard InChI is InChI=1S/C14H18Cl3NO8/c1-5-9(23-6(2)19)10(24-7(3)20)11(25-8(4)21)12(22-5)26-13(18)14(15,16)17/h5,9-12,18H,1-4H3/t5-,9+,10+,11-,12-/m0/s1. The molecule has 0 spiro atoms. The van der Waals surface area contributed by atoms with Crippen molar-refractivity contribution in [2.45, 2.75) is 62.2 Å². The van der Waals surface area contributed by atoms with Gasteiger partial charge in [-0.25, -0.2) is 0 Å². The van der Waals surface area contributed by atoms with Crippen molar-refractivity contribution in [2.24, 2.45) is 0 Å². The molecule has 1 fully saturated rings. The van der Waals surface area contributed by atoms with Gasteiger partial charge in [0, 0.05) is 20.8 Å². The summed E-state index contributed by atoms with van der Waals surface area (Å²) >= 11 is 16.7. The number of esters is 3. The largest absolute Gasteiger partial charge is 0.456 e. The topological polar surface area (TPSA) is 121 Å². The van der Waals surface area contributed by atoms with Gasteiger partial charge in [0.2, 0.25) is 18.3 Å². The summed E-state index contributed by atoms with van der Waals surface area (Å²) in [7, 11) is 0. The number of ether oxygens (including phenoxy) is 5. The lowest BCUT2D eigenvalue weighted by atomic mass is 9.99. The maximum Gasteiger partial charge on any atom is 0.303 e. The number of halogens is 3. The van der Waals surface area contributed by atoms with E-state index in [1.165, 1.54) is 6.92 Å². The zero-order chi connectivity index (χ0) is 20.2. The van der Waals surface area contributed by atoms with Gasteiger partial charge in [-0.05, 0) is 6.92 Å². The zero-order valence-corrected chi connectivity index (χ0v) is 16.6. The van der Waals surface area contributed by atoms with Crippen molar-refractivity contribution >= 4 is 58.6 Å². The Morgan fingerprint density at radius 1 is 0.846 bits per heavy atom. The summed E-state index contributed by atoms with van der Waals surface area (Å²) in [6.45, 7) is 4.87. The van der Waals surface area contributed by atoms with Crippen molar-refractivity contribution in [3.63, 3.8) is 0 Å². The molecule has 1 aliphatic heterocycles. The van der Waals surface area contributed by atoms with E-state index in [-0.39, 0.29) is 0 Å². The van der Waals surface area contributed by atoms with Crippen LogP contribution in [0.1, 0.15) is 27.7 Å². The summed E-state index contributed by atoms with van der Waals surface area (Å²) in [5.41, 5.74) is 0. The molecule has 0 unspecified atom stereocenters. The second-order valence-electron chi connectivity index (χ2n) is 5.38. The molecular formula is C14H18Cl3NO8. The Bertz CT molecular complexity index is 579. The molecule has 0 aromatic carbocycles. The molecule has 0 aromatic heterocycles. The van der Waals surface area contributed by atoms with Crippen LogP contribution in [0.25, 0.3) is 0 Å². The lowest BCUT2D eigenvalue weighted by Crippen LogP contribution is -2.61. The number of hydrogen-bond acceptors (Lipinski definition) is 9. The highest BCUT2D eigenvalue weighted by Gasteiger charge is 2.52. The molecule has 0 bridgehead atoms. The third kappa shape index (κ3) is 6.46. The summed E-state index contributed by atoms with van der Waals surface area (Å²) in [6.07, 6.45) is -6.05. The summed E-state index contributed by atoms with van der Waals surface area (Å²) in [5, 5.41) is 7.65. The first-order valence-electron chi connectivity index (χ1n) is 7.32. The fourth-order valence-corrected chi connectivity index (χ4v) is 2.38. The van der Waals surface area contributed by atoms with Crippen molar-refractivity contribution in [2.75, 3.05) is 0 Å². The van der Waals surface area contributed by atoms with Gasteiger partial charge in [-0.2, -0.15) is 0 Å². The summed E-state index contributed by atoms with van der Waals surface area (Å²) in [6, 6.07) is 0. The van der Waals surface area contributed by atoms with E-state index in [4.69, 9.17) is 63.9 Å². The first-order chi connectivity index (χ1) is 11.8. The van der Waals surface area contributed by atoms with E-state index in [1.807, 2.05) is 0 Å². The summed E-state index contributed by atoms with van der Waals surface area (Å²) in [5.74, 6) is -2.96. The van der Waals surface area contributed by atoms with Crippen molar-refractivity contribution in [1.82, 2.24) is 0 Å². The van der Waals surface area contributed by atoms with Crippen LogP contribution in [0.3, 0.4) is 0 Å². The minimum absolute atomic E-state index is 0.669. The van der Waals surface area contributed by atoms with E-state index >= 15 is 0 Å². The fourth-order valence-electron chi connectivity index (χ4n) is 2.25. The van der Waals surface area contributed by atoms with E-state index < -0.39 is 58.3 Å². The Morgan fingerprint density at radius 3 is 1.69 bits per heavy atom. The predicted octanol–water partition coefficient (Wildman–Crippen LogP) is 1.89. The molecule has 0 aromatic rings. The number of nitrogens with one attached hydrogen (secondary N) is 1. The van der Waals surface area contributed by atoms with E-state index in [0.29, 0.717) is 0 Å². The maximum atomic E-state index is 11.5. The quantitative estimate of drug-likeness (QED) is 0.234. The van der Waals surface area contributed by atoms with Gasteiger partial charge in [0.05, 0.1) is 6.10 Å². The molecule has 5 atom stereocenters. The Hall–Kier alpha value is -1.29. The average molecular weight is 435 g/mol. The van der Waals surface area contributed by atoms with Gasteiger partial charge in [0.25, 0.3) is 3.79 Å². The van der Waals surface area contributed by atoms with Crippen LogP contribution in [-0.2, 0) is 38.1 Å². The fraction of sp³-hybridized carbons (Fsp3) is 0.714. The van der Waals surface area contributed by atoms with Gasteiger partial charge < -0.3 is 23.7 Å². The third-order valence-electron chi connectivity index (χ3n) is 3.12. The molecule has 0 aliphatic carbocycles. The SMILES string of the molecule is CC(=O)O[C@H]1[C@H](OC(C)=O)[C@H](OC(=N)C(Cl)(Cl)Cl)O[C@@H](C)[C@H]1OC(C)=O. The second-order valence-corrected chi connectivity index (χ2v) is 7.66. The van der Waals surface area contributed by atoms with Crippen LogP contribution in [0.5, 0.6) is 0 Å². The molecule has 1 saturated heterocycles. The number of carbonyl (C=O) groups excluding carboxylic acids is 3. The normalized spacial score (nSPS) is 28.7. The molecule has 1 heterocycles. The first kappa shape index (κ1) is 22.8. The molecular weight excluding hydrogens is 417 g/mol. The third-order valence-corrected chi connectivity index (χ3v) is 3.64. The molecule has 148 valence electrons. The van der Waals surface area contributed by atoms with Crippen LogP contribution in [-0.4, -0.2) is 58.3 Å². The van der Waals surface area contributed by atoms with Crippen LogP contribution in [0.2, 0.25) is 0 Å². The van der Waals surface area contributed by atoms with Gasteiger partial charge in [-0.3, -0.25) is 19.8 Å². The van der Waals surface area contributed by atoms with Gasteiger partial charge in [0.15, 0.2) is 12.2 Å². The van der Waals surface area contributed by atoms with Gasteiger partial charge in [-0.15, -0.1) is 0 Å². The highest BCUT2D eigenvalue weighted by molar-refractivity contribution is 6.76. The molecule has 1 rings (SSSR count). The van der Waals surface area contributed by atoms with Gasteiger partial charge in [-0.1, -0.05) is 34.8 Å². The van der Waals surface area contributed by atoms with Crippen LogP contribution in [0.4, 0.5) is 0 Å². The lowest BCUT2D eigenvalue weighted by molar-refractivity contribution is -0.284. The summed E-state index contributed by atoms with van der Waals surface area (Å²) < 4.78 is 23.9. The second kappa shape index (κ2) is 9.07. The minimum atomic E-state index is -2.20. The van der Waals surface area contributed by atoms with E-state index in [1.54, 1.807) is 0 Å². The van der Waals surface area contributed by atoms with E-state index in [2.05, 4.69) is 0 Å². The smallest absolute Gasteiger partial charge is 0.303 e. The lowest BCUT2D eigenvalue weighted by Gasteiger charge is -2.43. The Kier molecular flexibility index (Phi) is 7.94. The monoisotopic (exact) mass is 433 g/mol. The zero-order valence-electron chi connectivity index (χ0n) is 14.3. The molecule has 0 amide bonds. The molecule has 1 N–H and O–H groups in total. The Morgan fingerprint density at radius 2 is 1.27 bits per heavy atom. The van der Waals surface area contributed by atoms with Crippen LogP contribution in [0.15, 0.2) is 0 Å². The molecule has 26 heavy (non-hydrogen) atoms. The van der Waals surface area contributed by atoms with Crippen LogP contribution >= 0.6 is 34.8 Å². The highest BCUT2D eigenvalue weighted by Crippen LogP contribution is 2.33. The molecule has 0 saturated carbocycles. The predicted molar refractivity (Wildman–Crippen MR) is 90.1 cm³/mol. The van der Waals surface area contributed by atoms with Crippen molar-refractivity contribution in [1.29, 1.82) is 5.41 Å². The van der Waals surface area contributed by atoms with E-state index in [9.17, 15) is 14.4 Å². The van der Waals surface area contributed by atoms with Crippen LogP contribution < -0.4 is 0 Å². The minimum Gasteiger partial charge on any atom is -0.456 e. The first-order valence-corrected chi connectivity index (χ1v) is 8.45.